The van der Waals surface area contributed by atoms with Gasteiger partial charge in [0.25, 0.3) is 0 Å². The van der Waals surface area contributed by atoms with E-state index in [1.54, 1.807) is 18.2 Å². The summed E-state index contributed by atoms with van der Waals surface area (Å²) in [5.41, 5.74) is 2.96. The summed E-state index contributed by atoms with van der Waals surface area (Å²) in [4.78, 5) is 10.8. The molecule has 0 aromatic heterocycles. The van der Waals surface area contributed by atoms with Crippen molar-refractivity contribution in [3.05, 3.63) is 28.3 Å². The molecule has 1 aromatic carbocycles. The summed E-state index contributed by atoms with van der Waals surface area (Å²) in [5, 5.41) is 14.5. The van der Waals surface area contributed by atoms with E-state index < -0.39 is 4.92 Å². The molecule has 20 heavy (non-hydrogen) atoms. The van der Waals surface area contributed by atoms with Crippen molar-refractivity contribution >= 4 is 17.1 Å². The number of hydrogen-bond donors (Lipinski definition) is 3. The van der Waals surface area contributed by atoms with Crippen LogP contribution < -0.4 is 16.6 Å². The SMILES string of the molecule is CC(C)(C)CC(C)(C)Nc1cccc(NN)c1[N+](=O)[O-]. The molecule has 4 N–H and O–H groups in total. The van der Waals surface area contributed by atoms with E-state index in [0.29, 0.717) is 11.4 Å². The zero-order chi connectivity index (χ0) is 15.6. The Bertz CT molecular complexity index is 492. The predicted octanol–water partition coefficient (Wildman–Crippen LogP) is 3.51. The van der Waals surface area contributed by atoms with E-state index in [0.717, 1.165) is 6.42 Å². The maximum absolute atomic E-state index is 11.2. The van der Waals surface area contributed by atoms with E-state index in [4.69, 9.17) is 5.84 Å². The Balaban J connectivity index is 3.12. The molecule has 6 nitrogen and oxygen atoms in total. The van der Waals surface area contributed by atoms with Crippen molar-refractivity contribution in [1.82, 2.24) is 0 Å². The largest absolute Gasteiger partial charge is 0.375 e. The molecular weight excluding hydrogens is 256 g/mol. The normalized spacial score (nSPS) is 12.1. The van der Waals surface area contributed by atoms with E-state index in [1.165, 1.54) is 0 Å². The van der Waals surface area contributed by atoms with Crippen LogP contribution in [0.3, 0.4) is 0 Å². The molecule has 0 amide bonds. The van der Waals surface area contributed by atoms with E-state index in [-0.39, 0.29) is 16.6 Å². The van der Waals surface area contributed by atoms with Gasteiger partial charge in [-0.05, 0) is 37.8 Å². The maximum Gasteiger partial charge on any atom is 0.316 e. The van der Waals surface area contributed by atoms with Crippen LogP contribution in [0.1, 0.15) is 41.0 Å². The summed E-state index contributed by atoms with van der Waals surface area (Å²) in [5.74, 6) is 5.34. The van der Waals surface area contributed by atoms with Gasteiger partial charge in [-0.2, -0.15) is 0 Å². The molecular formula is C14H24N4O2. The first-order chi connectivity index (χ1) is 9.06. The summed E-state index contributed by atoms with van der Waals surface area (Å²) >= 11 is 0. The second-order valence-corrected chi connectivity index (χ2v) is 6.85. The predicted molar refractivity (Wildman–Crippen MR) is 82.7 cm³/mol. The van der Waals surface area contributed by atoms with Gasteiger partial charge in [0.1, 0.15) is 11.4 Å². The summed E-state index contributed by atoms with van der Waals surface area (Å²) < 4.78 is 0. The Labute approximate surface area is 119 Å². The second kappa shape index (κ2) is 5.66. The van der Waals surface area contributed by atoms with Crippen LogP contribution in [0.15, 0.2) is 18.2 Å². The Morgan fingerprint density at radius 2 is 1.75 bits per heavy atom. The number of nitrogens with one attached hydrogen (secondary N) is 2. The number of nitrogens with two attached hydrogens (primary N) is 1. The average Bonchev–Trinajstić information content (AvgIpc) is 2.23. The van der Waals surface area contributed by atoms with Crippen molar-refractivity contribution in [1.29, 1.82) is 0 Å². The summed E-state index contributed by atoms with van der Waals surface area (Å²) in [7, 11) is 0. The third-order valence-electron chi connectivity index (χ3n) is 2.82. The quantitative estimate of drug-likeness (QED) is 0.436. The molecule has 0 heterocycles. The number of nitrogen functional groups attached to an aromatic ring is 1. The lowest BCUT2D eigenvalue weighted by molar-refractivity contribution is -0.383. The zero-order valence-corrected chi connectivity index (χ0v) is 12.8. The van der Waals surface area contributed by atoms with Crippen LogP contribution in [-0.4, -0.2) is 10.5 Å². The van der Waals surface area contributed by atoms with Crippen molar-refractivity contribution in [2.75, 3.05) is 10.7 Å². The summed E-state index contributed by atoms with van der Waals surface area (Å²) in [6, 6.07) is 5.02. The number of anilines is 2. The molecule has 0 spiro atoms. The molecule has 0 atom stereocenters. The van der Waals surface area contributed by atoms with E-state index >= 15 is 0 Å². The summed E-state index contributed by atoms with van der Waals surface area (Å²) in [6.07, 6.45) is 0.872. The zero-order valence-electron chi connectivity index (χ0n) is 12.8. The van der Waals surface area contributed by atoms with Crippen LogP contribution >= 0.6 is 0 Å². The lowest BCUT2D eigenvalue weighted by Gasteiger charge is -2.34. The molecule has 0 saturated carbocycles. The molecule has 0 bridgehead atoms. The minimum atomic E-state index is -0.426. The standard InChI is InChI=1S/C14H24N4O2/c1-13(2,3)9-14(4,5)16-10-7-6-8-11(17-15)12(10)18(19)20/h6-8,16-17H,9,15H2,1-5H3. The van der Waals surface area contributed by atoms with Gasteiger partial charge in [-0.1, -0.05) is 26.8 Å². The molecule has 0 fully saturated rings. The van der Waals surface area contributed by atoms with Crippen LogP contribution in [-0.2, 0) is 0 Å². The van der Waals surface area contributed by atoms with Crippen LogP contribution in [0.25, 0.3) is 0 Å². The molecule has 0 aliphatic heterocycles. The highest BCUT2D eigenvalue weighted by Crippen LogP contribution is 2.36. The number of hydrazine groups is 1. The van der Waals surface area contributed by atoms with Gasteiger partial charge in [0.2, 0.25) is 0 Å². The van der Waals surface area contributed by atoms with Crippen LogP contribution in [0, 0.1) is 15.5 Å². The first-order valence-corrected chi connectivity index (χ1v) is 6.58. The van der Waals surface area contributed by atoms with Gasteiger partial charge in [0.05, 0.1) is 4.92 Å². The lowest BCUT2D eigenvalue weighted by Crippen LogP contribution is -2.35. The number of rotatable bonds is 5. The van der Waals surface area contributed by atoms with Gasteiger partial charge >= 0.3 is 5.69 Å². The number of hydrogen-bond acceptors (Lipinski definition) is 5. The molecule has 1 aromatic rings. The smallest absolute Gasteiger partial charge is 0.316 e. The van der Waals surface area contributed by atoms with E-state index in [2.05, 4.69) is 31.5 Å². The van der Waals surface area contributed by atoms with Crippen molar-refractivity contribution < 1.29 is 4.92 Å². The Hall–Kier alpha value is -1.82. The molecule has 1 rings (SSSR count). The minimum Gasteiger partial charge on any atom is -0.375 e. The van der Waals surface area contributed by atoms with Crippen molar-refractivity contribution in [3.8, 4) is 0 Å². The highest BCUT2D eigenvalue weighted by atomic mass is 16.6. The van der Waals surface area contributed by atoms with Crippen LogP contribution in [0.4, 0.5) is 17.1 Å². The first-order valence-electron chi connectivity index (χ1n) is 6.58. The Morgan fingerprint density at radius 3 is 2.20 bits per heavy atom. The van der Waals surface area contributed by atoms with Gasteiger partial charge in [-0.15, -0.1) is 0 Å². The number of benzene rings is 1. The average molecular weight is 280 g/mol. The van der Waals surface area contributed by atoms with Crippen LogP contribution in [0.5, 0.6) is 0 Å². The topological polar surface area (TPSA) is 93.2 Å². The Kier molecular flexibility index (Phi) is 4.60. The van der Waals surface area contributed by atoms with E-state index in [1.807, 2.05) is 13.8 Å². The van der Waals surface area contributed by atoms with Gasteiger partial charge in [-0.25, -0.2) is 0 Å². The molecule has 6 heteroatoms. The lowest BCUT2D eigenvalue weighted by atomic mass is 9.81. The number of nitrogens with zero attached hydrogens (tertiary/aromatic N) is 1. The second-order valence-electron chi connectivity index (χ2n) is 6.85. The molecule has 0 saturated heterocycles. The first kappa shape index (κ1) is 16.2. The highest BCUT2D eigenvalue weighted by Gasteiger charge is 2.28. The van der Waals surface area contributed by atoms with Gasteiger partial charge in [0, 0.05) is 5.54 Å². The Morgan fingerprint density at radius 1 is 1.20 bits per heavy atom. The number of nitro benzene ring substituents is 1. The molecule has 112 valence electrons. The fraction of sp³-hybridized carbons (Fsp3) is 0.571. The van der Waals surface area contributed by atoms with Crippen molar-refractivity contribution in [2.24, 2.45) is 11.3 Å². The molecule has 0 aliphatic carbocycles. The number of para-hydroxylation sites is 1. The minimum absolute atomic E-state index is 0.0306. The van der Waals surface area contributed by atoms with Gasteiger partial charge in [-0.3, -0.25) is 16.0 Å². The highest BCUT2D eigenvalue weighted by molar-refractivity contribution is 5.76. The maximum atomic E-state index is 11.2. The van der Waals surface area contributed by atoms with E-state index in [9.17, 15) is 10.1 Å². The van der Waals surface area contributed by atoms with Crippen molar-refractivity contribution in [3.63, 3.8) is 0 Å². The molecule has 0 radical (unpaired) electrons. The third-order valence-corrected chi connectivity index (χ3v) is 2.82. The fourth-order valence-electron chi connectivity index (χ4n) is 2.69. The van der Waals surface area contributed by atoms with Crippen LogP contribution in [0.2, 0.25) is 0 Å². The van der Waals surface area contributed by atoms with Gasteiger partial charge in [0.15, 0.2) is 0 Å². The number of nitro groups is 1. The molecule has 0 aliphatic rings. The fourth-order valence-corrected chi connectivity index (χ4v) is 2.69. The summed E-state index contributed by atoms with van der Waals surface area (Å²) in [6.45, 7) is 10.5. The van der Waals surface area contributed by atoms with Crippen molar-refractivity contribution in [2.45, 2.75) is 46.6 Å². The molecule has 0 unspecified atom stereocenters. The third kappa shape index (κ3) is 4.38. The monoisotopic (exact) mass is 280 g/mol. The van der Waals surface area contributed by atoms with Gasteiger partial charge < -0.3 is 10.7 Å².